The fraction of sp³-hybridized carbons (Fsp3) is 0.226. The second kappa shape index (κ2) is 11.1. The first-order valence-corrected chi connectivity index (χ1v) is 13.5. The van der Waals surface area contributed by atoms with Gasteiger partial charge in [0.25, 0.3) is 0 Å². The fourth-order valence-corrected chi connectivity index (χ4v) is 5.16. The number of aromatic nitrogens is 2. The number of methoxy groups -OCH3 is 1. The third kappa shape index (κ3) is 5.51. The number of pyridine rings is 1. The van der Waals surface area contributed by atoms with Crippen molar-refractivity contribution in [3.8, 4) is 11.4 Å². The van der Waals surface area contributed by atoms with Crippen molar-refractivity contribution in [2.24, 2.45) is 5.41 Å². The van der Waals surface area contributed by atoms with Crippen LogP contribution in [0.2, 0.25) is 0 Å². The zero-order valence-corrected chi connectivity index (χ0v) is 24.0. The molecule has 210 valence electrons. The van der Waals surface area contributed by atoms with E-state index in [0.29, 0.717) is 16.5 Å². The SMILES string of the molecule is COc1cc(N2C(=S)N[C@H](c3ccccn3)[C@H]2c2cccn2-c2ccc(C(=O)O)cc2)ccc1NC(=O)C(C)(C)C. The van der Waals surface area contributed by atoms with Gasteiger partial charge in [0.05, 0.1) is 30.1 Å². The van der Waals surface area contributed by atoms with Crippen LogP contribution in [-0.4, -0.2) is 38.8 Å². The molecular weight excluding hydrogens is 538 g/mol. The lowest BCUT2D eigenvalue weighted by Crippen LogP contribution is -2.30. The summed E-state index contributed by atoms with van der Waals surface area (Å²) in [6.07, 6.45) is 3.69. The van der Waals surface area contributed by atoms with Gasteiger partial charge in [-0.15, -0.1) is 0 Å². The van der Waals surface area contributed by atoms with Crippen molar-refractivity contribution in [1.29, 1.82) is 0 Å². The number of anilines is 2. The highest BCUT2D eigenvalue weighted by atomic mass is 32.1. The van der Waals surface area contributed by atoms with Crippen molar-refractivity contribution in [3.05, 3.63) is 102 Å². The smallest absolute Gasteiger partial charge is 0.335 e. The Balaban J connectivity index is 1.60. The summed E-state index contributed by atoms with van der Waals surface area (Å²) in [5.74, 6) is -0.601. The van der Waals surface area contributed by atoms with Crippen molar-refractivity contribution >= 4 is 40.6 Å². The molecule has 0 unspecified atom stereocenters. The van der Waals surface area contributed by atoms with Crippen LogP contribution in [0.5, 0.6) is 5.75 Å². The number of carboxylic acid groups (broad SMARTS) is 1. The molecule has 1 amide bonds. The topological polar surface area (TPSA) is 109 Å². The first-order chi connectivity index (χ1) is 19.6. The van der Waals surface area contributed by atoms with Crippen LogP contribution < -0.4 is 20.3 Å². The number of carboxylic acids is 1. The monoisotopic (exact) mass is 569 g/mol. The molecule has 1 aliphatic rings. The number of thiocarbonyl (C=S) groups is 1. The van der Waals surface area contributed by atoms with Gasteiger partial charge < -0.3 is 29.9 Å². The molecule has 0 aliphatic carbocycles. The van der Waals surface area contributed by atoms with E-state index in [-0.39, 0.29) is 23.6 Å². The van der Waals surface area contributed by atoms with Gasteiger partial charge in [0.1, 0.15) is 11.8 Å². The molecule has 3 N–H and O–H groups in total. The molecule has 2 aromatic carbocycles. The molecular formula is C31H31N5O4S. The Morgan fingerprint density at radius 1 is 1.02 bits per heavy atom. The van der Waals surface area contributed by atoms with E-state index in [1.165, 1.54) is 0 Å². The van der Waals surface area contributed by atoms with Crippen LogP contribution in [0.4, 0.5) is 11.4 Å². The summed E-state index contributed by atoms with van der Waals surface area (Å²) >= 11 is 5.89. The number of aromatic carboxylic acids is 1. The molecule has 0 spiro atoms. The van der Waals surface area contributed by atoms with E-state index in [2.05, 4.69) is 15.6 Å². The van der Waals surface area contributed by atoms with Crippen molar-refractivity contribution in [2.45, 2.75) is 32.9 Å². The Labute approximate surface area is 243 Å². The summed E-state index contributed by atoms with van der Waals surface area (Å²) in [6.45, 7) is 5.55. The number of nitrogens with zero attached hydrogens (tertiary/aromatic N) is 3. The van der Waals surface area contributed by atoms with E-state index in [0.717, 1.165) is 22.8 Å². The molecule has 4 aromatic rings. The van der Waals surface area contributed by atoms with Crippen LogP contribution in [0.25, 0.3) is 5.69 Å². The zero-order chi connectivity index (χ0) is 29.3. The first kappa shape index (κ1) is 27.9. The molecule has 1 aliphatic heterocycles. The van der Waals surface area contributed by atoms with Crippen molar-refractivity contribution in [3.63, 3.8) is 0 Å². The number of hydrogen-bond acceptors (Lipinski definition) is 5. The highest BCUT2D eigenvalue weighted by molar-refractivity contribution is 7.80. The average Bonchev–Trinajstić information content (AvgIpc) is 3.57. The Hall–Kier alpha value is -4.70. The molecule has 5 rings (SSSR count). The maximum Gasteiger partial charge on any atom is 0.335 e. The first-order valence-electron chi connectivity index (χ1n) is 13.1. The van der Waals surface area contributed by atoms with Gasteiger partial charge in [0, 0.05) is 40.9 Å². The van der Waals surface area contributed by atoms with Gasteiger partial charge in [-0.1, -0.05) is 26.8 Å². The van der Waals surface area contributed by atoms with Crippen LogP contribution in [0.1, 0.15) is 54.6 Å². The average molecular weight is 570 g/mol. The largest absolute Gasteiger partial charge is 0.494 e. The predicted octanol–water partition coefficient (Wildman–Crippen LogP) is 5.74. The minimum atomic E-state index is -0.980. The maximum atomic E-state index is 12.7. The number of carbonyl (C=O) groups is 2. The van der Waals surface area contributed by atoms with Gasteiger partial charge in [0.2, 0.25) is 5.91 Å². The molecule has 2 aromatic heterocycles. The summed E-state index contributed by atoms with van der Waals surface area (Å²) in [7, 11) is 1.56. The Morgan fingerprint density at radius 3 is 2.39 bits per heavy atom. The number of hydrogen-bond donors (Lipinski definition) is 3. The number of nitrogens with one attached hydrogen (secondary N) is 2. The zero-order valence-electron chi connectivity index (χ0n) is 23.2. The molecule has 0 saturated carbocycles. The van der Waals surface area contributed by atoms with Crippen LogP contribution in [0.3, 0.4) is 0 Å². The van der Waals surface area contributed by atoms with Crippen LogP contribution in [-0.2, 0) is 4.79 Å². The normalized spacial score (nSPS) is 16.8. The van der Waals surface area contributed by atoms with Gasteiger partial charge in [-0.05, 0) is 72.9 Å². The van der Waals surface area contributed by atoms with Crippen molar-refractivity contribution < 1.29 is 19.4 Å². The number of rotatable bonds is 7. The second-order valence-corrected chi connectivity index (χ2v) is 11.1. The molecule has 1 fully saturated rings. The van der Waals surface area contributed by atoms with E-state index in [1.807, 2.05) is 85.0 Å². The van der Waals surface area contributed by atoms with Gasteiger partial charge >= 0.3 is 5.97 Å². The van der Waals surface area contributed by atoms with E-state index in [1.54, 1.807) is 37.6 Å². The molecule has 0 radical (unpaired) electrons. The number of benzene rings is 2. The number of amides is 1. The third-order valence-corrected chi connectivity index (χ3v) is 7.28. The lowest BCUT2D eigenvalue weighted by atomic mass is 9.95. The quantitative estimate of drug-likeness (QED) is 0.242. The number of carbonyl (C=O) groups excluding carboxylic acids is 1. The van der Waals surface area contributed by atoms with Gasteiger partial charge in [-0.3, -0.25) is 9.78 Å². The standard InChI is InChI=1S/C31H31N5O4S/c1-31(2,3)29(39)33-22-15-14-21(18-25(22)40-4)36-27(26(34-30(36)41)23-8-5-6-16-32-23)24-9-7-17-35(24)20-12-10-19(11-13-20)28(37)38/h5-18,26-27H,1-4H3,(H,33,39)(H,34,41)(H,37,38)/t26-,27-/m1/s1. The van der Waals surface area contributed by atoms with Crippen LogP contribution in [0, 0.1) is 5.41 Å². The minimum absolute atomic E-state index is 0.123. The van der Waals surface area contributed by atoms with E-state index in [9.17, 15) is 14.7 Å². The van der Waals surface area contributed by atoms with Gasteiger partial charge in [0.15, 0.2) is 5.11 Å². The van der Waals surface area contributed by atoms with E-state index in [4.69, 9.17) is 17.0 Å². The molecule has 2 atom stereocenters. The molecule has 1 saturated heterocycles. The molecule has 3 heterocycles. The maximum absolute atomic E-state index is 12.7. The summed E-state index contributed by atoms with van der Waals surface area (Å²) < 4.78 is 7.70. The van der Waals surface area contributed by atoms with Crippen LogP contribution in [0.15, 0.2) is 85.2 Å². The Kier molecular flexibility index (Phi) is 7.51. The minimum Gasteiger partial charge on any atom is -0.494 e. The summed E-state index contributed by atoms with van der Waals surface area (Å²) in [5.41, 5.74) is 3.52. The lowest BCUT2D eigenvalue weighted by molar-refractivity contribution is -0.123. The van der Waals surface area contributed by atoms with E-state index >= 15 is 0 Å². The van der Waals surface area contributed by atoms with Gasteiger partial charge in [-0.2, -0.15) is 0 Å². The Bertz CT molecular complexity index is 1590. The second-order valence-electron chi connectivity index (χ2n) is 10.7. The summed E-state index contributed by atoms with van der Waals surface area (Å²) in [6, 6.07) is 21.4. The molecule has 9 nitrogen and oxygen atoms in total. The highest BCUT2D eigenvalue weighted by Gasteiger charge is 2.42. The van der Waals surface area contributed by atoms with Gasteiger partial charge in [-0.25, -0.2) is 4.79 Å². The molecule has 0 bridgehead atoms. The van der Waals surface area contributed by atoms with Crippen LogP contribution >= 0.6 is 12.2 Å². The van der Waals surface area contributed by atoms with Crippen molar-refractivity contribution in [1.82, 2.24) is 14.9 Å². The third-order valence-electron chi connectivity index (χ3n) is 6.97. The lowest BCUT2D eigenvalue weighted by Gasteiger charge is -2.29. The fourth-order valence-electron chi connectivity index (χ4n) is 4.81. The molecule has 10 heteroatoms. The Morgan fingerprint density at radius 2 is 1.76 bits per heavy atom. The van der Waals surface area contributed by atoms with Crippen molar-refractivity contribution in [2.75, 3.05) is 17.3 Å². The molecule has 41 heavy (non-hydrogen) atoms. The number of ether oxygens (including phenoxy) is 1. The summed E-state index contributed by atoms with van der Waals surface area (Å²) in [4.78, 5) is 30.7. The van der Waals surface area contributed by atoms with E-state index < -0.39 is 11.4 Å². The summed E-state index contributed by atoms with van der Waals surface area (Å²) in [5, 5.41) is 16.3. The predicted molar refractivity (Wildman–Crippen MR) is 162 cm³/mol. The highest BCUT2D eigenvalue weighted by Crippen LogP contribution is 2.44.